The van der Waals surface area contributed by atoms with E-state index in [4.69, 9.17) is 4.74 Å². The minimum atomic E-state index is -0.324. The summed E-state index contributed by atoms with van der Waals surface area (Å²) in [5, 5.41) is 2.58. The number of rotatable bonds is 7. The number of likely N-dealkylation sites (N-methyl/N-ethyl adjacent to an activating group) is 1. The average Bonchev–Trinajstić information content (AvgIpc) is 3.08. The third-order valence-corrected chi connectivity index (χ3v) is 4.83. The van der Waals surface area contributed by atoms with E-state index in [1.807, 2.05) is 12.1 Å². The van der Waals surface area contributed by atoms with Gasteiger partial charge in [0.1, 0.15) is 17.0 Å². The van der Waals surface area contributed by atoms with Crippen LogP contribution in [0.5, 0.6) is 0 Å². The Bertz CT molecular complexity index is 851. The zero-order chi connectivity index (χ0) is 17.6. The van der Waals surface area contributed by atoms with E-state index in [0.717, 1.165) is 35.5 Å². The first kappa shape index (κ1) is 17.3. The van der Waals surface area contributed by atoms with Crippen molar-refractivity contribution in [2.45, 2.75) is 20.3 Å². The van der Waals surface area contributed by atoms with E-state index in [1.165, 1.54) is 16.9 Å². The Morgan fingerprint density at radius 3 is 2.76 bits per heavy atom. The lowest BCUT2D eigenvalue weighted by atomic mass is 10.1. The minimum absolute atomic E-state index is 0.324. The number of hydrogen-bond acceptors (Lipinski definition) is 7. The van der Waals surface area contributed by atoms with Gasteiger partial charge >= 0.3 is 5.97 Å². The number of thiophene rings is 1. The molecule has 7 heteroatoms. The Hall–Kier alpha value is -2.54. The summed E-state index contributed by atoms with van der Waals surface area (Å²) in [7, 11) is 0. The lowest BCUT2D eigenvalue weighted by molar-refractivity contribution is 0.0529. The monoisotopic (exact) mass is 356 g/mol. The molecule has 0 aliphatic rings. The van der Waals surface area contributed by atoms with Gasteiger partial charge in [-0.15, -0.1) is 11.3 Å². The summed E-state index contributed by atoms with van der Waals surface area (Å²) in [6.07, 6.45) is 6.03. The molecule has 0 aromatic carbocycles. The molecule has 0 fully saturated rings. The summed E-state index contributed by atoms with van der Waals surface area (Å²) in [6.45, 7) is 5.81. The van der Waals surface area contributed by atoms with E-state index in [0.29, 0.717) is 12.2 Å². The van der Waals surface area contributed by atoms with Crippen LogP contribution in [0.1, 0.15) is 29.8 Å². The highest BCUT2D eigenvalue weighted by molar-refractivity contribution is 7.17. The maximum atomic E-state index is 12.3. The molecule has 0 amide bonds. The Kier molecular flexibility index (Phi) is 5.55. The third kappa shape index (κ3) is 3.76. The van der Waals surface area contributed by atoms with Gasteiger partial charge in [-0.2, -0.15) is 0 Å². The Morgan fingerprint density at radius 1 is 1.24 bits per heavy atom. The van der Waals surface area contributed by atoms with E-state index in [9.17, 15) is 4.79 Å². The summed E-state index contributed by atoms with van der Waals surface area (Å²) in [4.78, 5) is 28.1. The van der Waals surface area contributed by atoms with Crippen LogP contribution in [-0.2, 0) is 11.2 Å². The standard InChI is InChI=1S/C18H20N4O2S/c1-3-22(10-7-13-5-8-19-9-6-13)16-15-14(18(23)24-4-2)11-25-17(15)21-12-20-16/h5-6,8-9,11-12H,3-4,7,10H2,1-2H3. The molecule has 0 aliphatic heterocycles. The molecule has 0 aliphatic carbocycles. The molecule has 25 heavy (non-hydrogen) atoms. The summed E-state index contributed by atoms with van der Waals surface area (Å²) in [6, 6.07) is 4.02. The van der Waals surface area contributed by atoms with Gasteiger partial charge in [0.25, 0.3) is 0 Å². The van der Waals surface area contributed by atoms with Crippen molar-refractivity contribution in [3.05, 3.63) is 47.4 Å². The molecule has 0 saturated carbocycles. The van der Waals surface area contributed by atoms with Crippen molar-refractivity contribution in [3.8, 4) is 0 Å². The van der Waals surface area contributed by atoms with E-state index >= 15 is 0 Å². The quantitative estimate of drug-likeness (QED) is 0.605. The number of aromatic nitrogens is 3. The predicted molar refractivity (Wildman–Crippen MR) is 99.2 cm³/mol. The second-order valence-corrected chi connectivity index (χ2v) is 6.29. The molecule has 3 aromatic rings. The van der Waals surface area contributed by atoms with E-state index in [1.54, 1.807) is 31.0 Å². The Morgan fingerprint density at radius 2 is 2.04 bits per heavy atom. The van der Waals surface area contributed by atoms with Gasteiger partial charge in [0.2, 0.25) is 0 Å². The molecule has 0 unspecified atom stereocenters. The zero-order valence-corrected chi connectivity index (χ0v) is 15.1. The van der Waals surface area contributed by atoms with Crippen LogP contribution in [0, 0.1) is 0 Å². The average molecular weight is 356 g/mol. The van der Waals surface area contributed by atoms with Crippen molar-refractivity contribution in [2.24, 2.45) is 0 Å². The highest BCUT2D eigenvalue weighted by atomic mass is 32.1. The number of ether oxygens (including phenoxy) is 1. The lowest BCUT2D eigenvalue weighted by Gasteiger charge is -2.23. The fourth-order valence-corrected chi connectivity index (χ4v) is 3.56. The Labute approximate surface area is 150 Å². The van der Waals surface area contributed by atoms with Gasteiger partial charge in [-0.1, -0.05) is 0 Å². The van der Waals surface area contributed by atoms with Crippen molar-refractivity contribution in [1.82, 2.24) is 15.0 Å². The second-order valence-electron chi connectivity index (χ2n) is 5.43. The van der Waals surface area contributed by atoms with E-state index in [-0.39, 0.29) is 5.97 Å². The molecule has 0 atom stereocenters. The van der Waals surface area contributed by atoms with Crippen molar-refractivity contribution in [3.63, 3.8) is 0 Å². The van der Waals surface area contributed by atoms with Crippen LogP contribution < -0.4 is 4.90 Å². The van der Waals surface area contributed by atoms with Crippen LogP contribution >= 0.6 is 11.3 Å². The molecule has 0 bridgehead atoms. The minimum Gasteiger partial charge on any atom is -0.462 e. The van der Waals surface area contributed by atoms with Crippen LogP contribution in [-0.4, -0.2) is 40.6 Å². The summed E-state index contributed by atoms with van der Waals surface area (Å²) in [5.41, 5.74) is 1.76. The molecule has 130 valence electrons. The van der Waals surface area contributed by atoms with Crippen LogP contribution in [0.15, 0.2) is 36.2 Å². The molecule has 3 aromatic heterocycles. The topological polar surface area (TPSA) is 68.2 Å². The number of hydrogen-bond donors (Lipinski definition) is 0. The van der Waals surface area contributed by atoms with Crippen molar-refractivity contribution >= 4 is 33.3 Å². The number of fused-ring (bicyclic) bond motifs is 1. The number of esters is 1. The molecule has 0 N–H and O–H groups in total. The largest absolute Gasteiger partial charge is 0.462 e. The van der Waals surface area contributed by atoms with Crippen molar-refractivity contribution in [1.29, 1.82) is 0 Å². The van der Waals surface area contributed by atoms with Gasteiger partial charge in [-0.3, -0.25) is 4.98 Å². The molecule has 0 spiro atoms. The molecule has 0 radical (unpaired) electrons. The summed E-state index contributed by atoms with van der Waals surface area (Å²) in [5.74, 6) is 0.459. The van der Waals surface area contributed by atoms with Gasteiger partial charge in [-0.25, -0.2) is 14.8 Å². The van der Waals surface area contributed by atoms with Crippen molar-refractivity contribution in [2.75, 3.05) is 24.6 Å². The number of pyridine rings is 1. The third-order valence-electron chi connectivity index (χ3n) is 3.95. The highest BCUT2D eigenvalue weighted by Gasteiger charge is 2.20. The van der Waals surface area contributed by atoms with Crippen LogP contribution in [0.3, 0.4) is 0 Å². The lowest BCUT2D eigenvalue weighted by Crippen LogP contribution is -2.27. The predicted octanol–water partition coefficient (Wildman–Crippen LogP) is 3.33. The summed E-state index contributed by atoms with van der Waals surface area (Å²) >= 11 is 1.44. The van der Waals surface area contributed by atoms with Gasteiger partial charge in [0.05, 0.1) is 17.6 Å². The first-order valence-electron chi connectivity index (χ1n) is 8.27. The highest BCUT2D eigenvalue weighted by Crippen LogP contribution is 2.32. The zero-order valence-electron chi connectivity index (χ0n) is 14.3. The van der Waals surface area contributed by atoms with Crippen LogP contribution in [0.25, 0.3) is 10.2 Å². The van der Waals surface area contributed by atoms with Crippen molar-refractivity contribution < 1.29 is 9.53 Å². The van der Waals surface area contributed by atoms with Gasteiger partial charge in [0.15, 0.2) is 0 Å². The first-order valence-corrected chi connectivity index (χ1v) is 9.15. The molecule has 0 saturated heterocycles. The van der Waals surface area contributed by atoms with Gasteiger partial charge in [-0.05, 0) is 38.0 Å². The fourth-order valence-electron chi connectivity index (χ4n) is 2.69. The number of anilines is 1. The molecular weight excluding hydrogens is 336 g/mol. The maximum Gasteiger partial charge on any atom is 0.339 e. The number of carbonyl (C=O) groups excluding carboxylic acids is 1. The smallest absolute Gasteiger partial charge is 0.339 e. The SMILES string of the molecule is CCOC(=O)c1csc2ncnc(N(CC)CCc3ccncc3)c12. The molecule has 3 heterocycles. The molecule has 6 nitrogen and oxygen atoms in total. The van der Waals surface area contributed by atoms with E-state index < -0.39 is 0 Å². The Balaban J connectivity index is 1.92. The van der Waals surface area contributed by atoms with E-state index in [2.05, 4.69) is 26.8 Å². The van der Waals surface area contributed by atoms with Crippen LogP contribution in [0.4, 0.5) is 5.82 Å². The second kappa shape index (κ2) is 8.02. The normalized spacial score (nSPS) is 10.8. The maximum absolute atomic E-state index is 12.3. The first-order chi connectivity index (χ1) is 12.2. The molecular formula is C18H20N4O2S. The van der Waals surface area contributed by atoms with Gasteiger partial charge < -0.3 is 9.64 Å². The number of nitrogens with zero attached hydrogens (tertiary/aromatic N) is 4. The van der Waals surface area contributed by atoms with Gasteiger partial charge in [0, 0.05) is 30.9 Å². The fraction of sp³-hybridized carbons (Fsp3) is 0.333. The summed E-state index contributed by atoms with van der Waals surface area (Å²) < 4.78 is 5.18. The molecule has 3 rings (SSSR count). The van der Waals surface area contributed by atoms with Crippen LogP contribution in [0.2, 0.25) is 0 Å². The number of carbonyl (C=O) groups is 1.